The van der Waals surface area contributed by atoms with Crippen LogP contribution < -0.4 is 0 Å². The summed E-state index contributed by atoms with van der Waals surface area (Å²) < 4.78 is 0. The number of allylic oxidation sites excluding steroid dienone is 2. The van der Waals surface area contributed by atoms with Crippen molar-refractivity contribution < 1.29 is 58.6 Å². The molecule has 0 aliphatic carbocycles. The predicted molar refractivity (Wildman–Crippen MR) is 23.8 cm³/mol. The van der Waals surface area contributed by atoms with Crippen LogP contribution in [0.15, 0.2) is 5.57 Å². The Hall–Kier alpha value is 1.20. The number of hydrogen-bond acceptors (Lipinski definition) is 1. The Kier molecular flexibility index (Phi) is 22.3. The molecule has 1 nitrogen and oxygen atoms in total. The number of hydrogen-bond donors (Lipinski definition) is 0. The Labute approximate surface area is 89.4 Å². The summed E-state index contributed by atoms with van der Waals surface area (Å²) in [6.45, 7) is 3.34. The van der Waals surface area contributed by atoms with Gasteiger partial charge in [-0.25, -0.2) is 6.92 Å². The monoisotopic (exact) mass is 355 g/mol. The van der Waals surface area contributed by atoms with Gasteiger partial charge in [0, 0.05) is 53.8 Å². The third-order valence-electron chi connectivity index (χ3n) is 0.528. The molecule has 0 unspecified atom stereocenters. The molecule has 0 rings (SSSR count). The molecule has 0 aliphatic rings. The van der Waals surface area contributed by atoms with Crippen molar-refractivity contribution in [2.24, 2.45) is 0 Å². The molecule has 0 amide bonds. The normalized spacial score (nSPS) is 8.50. The van der Waals surface area contributed by atoms with Crippen molar-refractivity contribution in [2.75, 3.05) is 0 Å². The zero-order chi connectivity index (χ0) is 4.99. The molecule has 0 spiro atoms. The van der Waals surface area contributed by atoms with Crippen LogP contribution in [0.25, 0.3) is 0 Å². The summed E-state index contributed by atoms with van der Waals surface area (Å²) in [4.78, 5) is 9.51. The van der Waals surface area contributed by atoms with Gasteiger partial charge in [-0.05, 0) is 0 Å². The molecule has 0 saturated heterocycles. The minimum atomic E-state index is 0. The van der Waals surface area contributed by atoms with Crippen molar-refractivity contribution in [3.63, 3.8) is 0 Å². The Morgan fingerprint density at radius 2 is 1.88 bits per heavy atom. The van der Waals surface area contributed by atoms with E-state index in [1.165, 1.54) is 0 Å². The van der Waals surface area contributed by atoms with Crippen LogP contribution in [0, 0.1) is 6.08 Å². The van der Waals surface area contributed by atoms with Crippen LogP contribution in [0.4, 0.5) is 0 Å². The SMILES string of the molecule is C[C-]=C(C)[C-]=O.[W].[Y]. The first kappa shape index (κ1) is 16.1. The average Bonchev–Trinajstić information content (AvgIpc) is 1.65. The second kappa shape index (κ2) is 11.1. The van der Waals surface area contributed by atoms with Crippen molar-refractivity contribution in [3.05, 3.63) is 11.6 Å². The van der Waals surface area contributed by atoms with E-state index in [4.69, 9.17) is 0 Å². The van der Waals surface area contributed by atoms with Gasteiger partial charge >= 0.3 is 0 Å². The third-order valence-corrected chi connectivity index (χ3v) is 0.528. The van der Waals surface area contributed by atoms with Crippen LogP contribution in [-0.2, 0) is 58.6 Å². The van der Waals surface area contributed by atoms with Gasteiger partial charge in [-0.2, -0.15) is 0 Å². The van der Waals surface area contributed by atoms with Crippen molar-refractivity contribution in [2.45, 2.75) is 13.8 Å². The van der Waals surface area contributed by atoms with Crippen LogP contribution >= 0.6 is 0 Å². The zero-order valence-electron chi connectivity index (χ0n) is 4.89. The Morgan fingerprint density at radius 1 is 1.50 bits per heavy atom. The molecule has 8 heavy (non-hydrogen) atoms. The molecule has 0 aromatic rings. The minimum absolute atomic E-state index is 0. The first-order chi connectivity index (χ1) is 2.81. The van der Waals surface area contributed by atoms with Gasteiger partial charge in [0.25, 0.3) is 0 Å². The molecule has 3 heteroatoms. The quantitative estimate of drug-likeness (QED) is 0.504. The van der Waals surface area contributed by atoms with Gasteiger partial charge in [-0.15, -0.1) is 6.92 Å². The Balaban J connectivity index is -0.000000125. The first-order valence-corrected chi connectivity index (χ1v) is 1.70. The standard InChI is InChI=1S/C5H6O.W.Y/c1-3-5(2)4-6;;/h1-2H3;;/q-2;;. The summed E-state index contributed by atoms with van der Waals surface area (Å²) in [5.41, 5.74) is 0.537. The molecule has 0 atom stereocenters. The second-order valence-corrected chi connectivity index (χ2v) is 0.977. The van der Waals surface area contributed by atoms with Crippen LogP contribution in [0.1, 0.15) is 13.8 Å². The summed E-state index contributed by atoms with van der Waals surface area (Å²) in [7, 11) is 0. The van der Waals surface area contributed by atoms with Crippen LogP contribution in [0.3, 0.4) is 0 Å². The van der Waals surface area contributed by atoms with E-state index in [1.54, 1.807) is 20.1 Å². The van der Waals surface area contributed by atoms with E-state index in [-0.39, 0.29) is 53.8 Å². The molecule has 0 aliphatic heterocycles. The molecule has 0 heterocycles. The van der Waals surface area contributed by atoms with Gasteiger partial charge in [0.05, 0.1) is 0 Å². The van der Waals surface area contributed by atoms with E-state index >= 15 is 0 Å². The van der Waals surface area contributed by atoms with Gasteiger partial charge in [0.1, 0.15) is 0 Å². The maximum atomic E-state index is 9.51. The van der Waals surface area contributed by atoms with Crippen LogP contribution in [0.2, 0.25) is 0 Å². The fourth-order valence-electron chi connectivity index (χ4n) is 0.0510. The van der Waals surface area contributed by atoms with Crippen molar-refractivity contribution in [1.29, 1.82) is 0 Å². The average molecular weight is 355 g/mol. The summed E-state index contributed by atoms with van der Waals surface area (Å²) in [6, 6.07) is 0. The van der Waals surface area contributed by atoms with Gasteiger partial charge in [0.2, 0.25) is 0 Å². The van der Waals surface area contributed by atoms with Crippen LogP contribution in [0.5, 0.6) is 0 Å². The van der Waals surface area contributed by atoms with E-state index in [2.05, 4.69) is 6.08 Å². The molecule has 0 saturated carbocycles. The van der Waals surface area contributed by atoms with Gasteiger partial charge in [-0.3, -0.25) is 6.29 Å². The van der Waals surface area contributed by atoms with Crippen LogP contribution in [-0.4, -0.2) is 6.29 Å². The molecule has 0 fully saturated rings. The molecule has 0 N–H and O–H groups in total. The third kappa shape index (κ3) is 10.2. The fraction of sp³-hybridized carbons (Fsp3) is 0.400. The Morgan fingerprint density at radius 3 is 1.88 bits per heavy atom. The van der Waals surface area contributed by atoms with Crippen molar-refractivity contribution >= 4 is 6.29 Å². The molecule has 0 aromatic heterocycles. The summed E-state index contributed by atoms with van der Waals surface area (Å²) in [5.74, 6) is 0. The Bertz CT molecular complexity index is 80.5. The molecular weight excluding hydrogens is 349 g/mol. The maximum Gasteiger partial charge on any atom is 0 e. The van der Waals surface area contributed by atoms with E-state index in [1.807, 2.05) is 0 Å². The molecule has 0 bridgehead atoms. The number of rotatable bonds is 1. The van der Waals surface area contributed by atoms with E-state index in [0.29, 0.717) is 5.57 Å². The second-order valence-electron chi connectivity index (χ2n) is 0.977. The van der Waals surface area contributed by atoms with Gasteiger partial charge in [0.15, 0.2) is 0 Å². The molecular formula is C5H6OWY-2. The molecule has 1 radical (unpaired) electrons. The maximum absolute atomic E-state index is 9.51. The van der Waals surface area contributed by atoms with E-state index < -0.39 is 0 Å². The fourth-order valence-corrected chi connectivity index (χ4v) is 0.0510. The van der Waals surface area contributed by atoms with Gasteiger partial charge < -0.3 is 16.4 Å². The summed E-state index contributed by atoms with van der Waals surface area (Å²) >= 11 is 0. The largest absolute Gasteiger partial charge is 0.540 e. The molecule has 43 valence electrons. The number of carbonyl (C=O) groups excluding carboxylic acids is 1. The topological polar surface area (TPSA) is 17.1 Å². The first-order valence-electron chi connectivity index (χ1n) is 1.70. The molecule has 0 aromatic carbocycles. The minimum Gasteiger partial charge on any atom is -0.540 e. The van der Waals surface area contributed by atoms with Crippen molar-refractivity contribution in [3.8, 4) is 0 Å². The van der Waals surface area contributed by atoms with Crippen molar-refractivity contribution in [1.82, 2.24) is 0 Å². The predicted octanol–water partition coefficient (Wildman–Crippen LogP) is 0.860. The van der Waals surface area contributed by atoms with E-state index in [0.717, 1.165) is 0 Å². The summed E-state index contributed by atoms with van der Waals surface area (Å²) in [5, 5.41) is 0. The summed E-state index contributed by atoms with van der Waals surface area (Å²) in [6.07, 6.45) is 4.28. The van der Waals surface area contributed by atoms with E-state index in [9.17, 15) is 4.79 Å². The van der Waals surface area contributed by atoms with Gasteiger partial charge in [-0.1, -0.05) is 0 Å². The zero-order valence-corrected chi connectivity index (χ0v) is 10.7. The smallest absolute Gasteiger partial charge is 0 e.